The van der Waals surface area contributed by atoms with Gasteiger partial charge in [-0.2, -0.15) is 4.98 Å². The zero-order valence-corrected chi connectivity index (χ0v) is 18.8. The van der Waals surface area contributed by atoms with Gasteiger partial charge in [-0.25, -0.2) is 15.0 Å². The number of benzene rings is 1. The minimum Gasteiger partial charge on any atom is -0.368 e. The Bertz CT molecular complexity index is 1260. The molecule has 9 heteroatoms. The average molecular weight is 455 g/mol. The number of pyridine rings is 1. The smallest absolute Gasteiger partial charge is 0.259 e. The Kier molecular flexibility index (Phi) is 5.18. The number of nitrogens with one attached hydrogen (secondary N) is 1. The summed E-state index contributed by atoms with van der Waals surface area (Å²) in [7, 11) is 0. The van der Waals surface area contributed by atoms with Crippen molar-refractivity contribution in [1.82, 2.24) is 30.4 Å². The van der Waals surface area contributed by atoms with Gasteiger partial charge in [0.05, 0.1) is 11.0 Å². The van der Waals surface area contributed by atoms with Crippen molar-refractivity contribution in [2.24, 2.45) is 0 Å². The summed E-state index contributed by atoms with van der Waals surface area (Å²) >= 11 is 0. The normalized spacial score (nSPS) is 17.4. The van der Waals surface area contributed by atoms with E-state index < -0.39 is 0 Å². The molecule has 0 spiro atoms. The number of hydrogen-bond donors (Lipinski definition) is 2. The molecule has 3 N–H and O–H groups in total. The van der Waals surface area contributed by atoms with Crippen LogP contribution in [0.3, 0.4) is 0 Å². The van der Waals surface area contributed by atoms with Crippen molar-refractivity contribution < 1.29 is 4.52 Å². The van der Waals surface area contributed by atoms with Gasteiger partial charge in [-0.05, 0) is 36.1 Å². The number of rotatable bonds is 5. The Morgan fingerprint density at radius 1 is 0.853 bits per heavy atom. The second kappa shape index (κ2) is 8.49. The van der Waals surface area contributed by atoms with Crippen LogP contribution in [0.1, 0.15) is 30.7 Å². The zero-order chi connectivity index (χ0) is 23.0. The highest BCUT2D eigenvalue weighted by Crippen LogP contribution is 2.48. The van der Waals surface area contributed by atoms with E-state index in [1.54, 1.807) is 12.4 Å². The SMILES string of the molecule is Nc1ncc(-c2ccc(C3(c4noc(-c5ccc(N6CCNCC6)nc5)n4)CCC3)cc2)cn1. The fraction of sp³-hybridized carbons (Fsp3) is 0.320. The molecule has 1 saturated heterocycles. The molecule has 1 aliphatic heterocycles. The topological polar surface area (TPSA) is 119 Å². The lowest BCUT2D eigenvalue weighted by molar-refractivity contribution is 0.273. The molecular formula is C25H26N8O. The first-order valence-electron chi connectivity index (χ1n) is 11.7. The van der Waals surface area contributed by atoms with E-state index in [1.165, 1.54) is 5.56 Å². The third kappa shape index (κ3) is 3.67. The second-order valence-corrected chi connectivity index (χ2v) is 8.91. The Morgan fingerprint density at radius 2 is 1.56 bits per heavy atom. The Balaban J connectivity index is 1.24. The molecular weight excluding hydrogens is 428 g/mol. The number of nitrogens with zero attached hydrogens (tertiary/aromatic N) is 6. The molecule has 172 valence electrons. The molecule has 1 aliphatic carbocycles. The molecule has 2 aliphatic rings. The van der Waals surface area contributed by atoms with E-state index in [9.17, 15) is 0 Å². The summed E-state index contributed by atoms with van der Waals surface area (Å²) in [5, 5.41) is 7.76. The minimum absolute atomic E-state index is 0.216. The third-order valence-electron chi connectivity index (χ3n) is 6.94. The van der Waals surface area contributed by atoms with Crippen LogP contribution >= 0.6 is 0 Å². The van der Waals surface area contributed by atoms with Gasteiger partial charge in [0.15, 0.2) is 5.82 Å². The van der Waals surface area contributed by atoms with Gasteiger partial charge < -0.3 is 20.5 Å². The molecule has 3 aromatic heterocycles. The Labute approximate surface area is 197 Å². The van der Waals surface area contributed by atoms with Gasteiger partial charge in [0.1, 0.15) is 5.82 Å². The van der Waals surface area contributed by atoms with Crippen LogP contribution in [0, 0.1) is 0 Å². The van der Waals surface area contributed by atoms with E-state index in [2.05, 4.69) is 54.6 Å². The largest absolute Gasteiger partial charge is 0.368 e. The van der Waals surface area contributed by atoms with Crippen molar-refractivity contribution in [2.75, 3.05) is 36.8 Å². The minimum atomic E-state index is -0.216. The number of hydrogen-bond acceptors (Lipinski definition) is 9. The third-order valence-corrected chi connectivity index (χ3v) is 6.94. The first-order chi connectivity index (χ1) is 16.7. The van der Waals surface area contributed by atoms with Crippen molar-refractivity contribution in [3.63, 3.8) is 0 Å². The molecule has 4 aromatic rings. The molecule has 1 aromatic carbocycles. The average Bonchev–Trinajstić information content (AvgIpc) is 3.35. The standard InChI is InChI=1S/C25H26N8O/c26-24-29-15-19(16-30-24)17-2-5-20(6-3-17)25(8-1-9-25)23-31-22(34-32-23)18-4-7-21(28-14-18)33-12-10-27-11-13-33/h2-7,14-16,27H,1,8-13H2,(H2,26,29,30). The number of nitrogens with two attached hydrogens (primary N) is 1. The number of anilines is 2. The maximum absolute atomic E-state index is 5.69. The molecule has 34 heavy (non-hydrogen) atoms. The van der Waals surface area contributed by atoms with E-state index in [0.29, 0.717) is 5.89 Å². The monoisotopic (exact) mass is 454 g/mol. The highest BCUT2D eigenvalue weighted by molar-refractivity contribution is 5.63. The number of piperazine rings is 1. The van der Waals surface area contributed by atoms with Gasteiger partial charge in [0, 0.05) is 50.3 Å². The second-order valence-electron chi connectivity index (χ2n) is 8.91. The summed E-state index contributed by atoms with van der Waals surface area (Å²) in [5.74, 6) is 2.50. The fourth-order valence-electron chi connectivity index (χ4n) is 4.77. The van der Waals surface area contributed by atoms with Gasteiger partial charge >= 0.3 is 0 Å². The summed E-state index contributed by atoms with van der Waals surface area (Å²) in [6, 6.07) is 12.5. The van der Waals surface area contributed by atoms with E-state index in [1.807, 2.05) is 18.3 Å². The molecule has 2 fully saturated rings. The van der Waals surface area contributed by atoms with Crippen LogP contribution in [0.15, 0.2) is 59.5 Å². The Hall–Kier alpha value is -3.85. The van der Waals surface area contributed by atoms with Gasteiger partial charge in [0.25, 0.3) is 5.89 Å². The predicted octanol–water partition coefficient (Wildman–Crippen LogP) is 3.05. The van der Waals surface area contributed by atoms with Crippen molar-refractivity contribution in [3.05, 3.63) is 66.4 Å². The highest BCUT2D eigenvalue weighted by Gasteiger charge is 2.44. The van der Waals surface area contributed by atoms with Crippen molar-refractivity contribution in [3.8, 4) is 22.6 Å². The lowest BCUT2D eigenvalue weighted by Crippen LogP contribution is -2.43. The summed E-state index contributed by atoms with van der Waals surface area (Å²) < 4.78 is 5.69. The van der Waals surface area contributed by atoms with E-state index >= 15 is 0 Å². The van der Waals surface area contributed by atoms with Crippen LogP contribution in [0.25, 0.3) is 22.6 Å². The molecule has 0 radical (unpaired) electrons. The van der Waals surface area contributed by atoms with E-state index in [4.69, 9.17) is 15.2 Å². The summed E-state index contributed by atoms with van der Waals surface area (Å²) in [6.07, 6.45) is 8.43. The van der Waals surface area contributed by atoms with Crippen molar-refractivity contribution in [2.45, 2.75) is 24.7 Å². The molecule has 0 unspecified atom stereocenters. The summed E-state index contributed by atoms with van der Waals surface area (Å²) in [4.78, 5) is 19.9. The van der Waals surface area contributed by atoms with Crippen LogP contribution in [0.2, 0.25) is 0 Å². The summed E-state index contributed by atoms with van der Waals surface area (Å²) in [5.41, 5.74) is 9.40. The number of nitrogen functional groups attached to an aromatic ring is 1. The van der Waals surface area contributed by atoms with Gasteiger partial charge in [-0.1, -0.05) is 35.8 Å². The maximum atomic E-state index is 5.69. The van der Waals surface area contributed by atoms with Gasteiger partial charge in [-0.15, -0.1) is 0 Å². The number of aromatic nitrogens is 5. The van der Waals surface area contributed by atoms with Gasteiger partial charge in [-0.3, -0.25) is 0 Å². The van der Waals surface area contributed by atoms with E-state index in [0.717, 1.165) is 73.8 Å². The molecule has 1 saturated carbocycles. The molecule has 9 nitrogen and oxygen atoms in total. The van der Waals surface area contributed by atoms with Crippen LogP contribution in [-0.2, 0) is 5.41 Å². The molecule has 0 amide bonds. The molecule has 0 atom stereocenters. The fourth-order valence-corrected chi connectivity index (χ4v) is 4.77. The quantitative estimate of drug-likeness (QED) is 0.469. The van der Waals surface area contributed by atoms with E-state index in [-0.39, 0.29) is 11.4 Å². The van der Waals surface area contributed by atoms with Crippen LogP contribution in [0.4, 0.5) is 11.8 Å². The van der Waals surface area contributed by atoms with Crippen LogP contribution in [-0.4, -0.2) is 51.3 Å². The first-order valence-corrected chi connectivity index (χ1v) is 11.7. The Morgan fingerprint density at radius 3 is 2.21 bits per heavy atom. The predicted molar refractivity (Wildman–Crippen MR) is 129 cm³/mol. The lowest BCUT2D eigenvalue weighted by Gasteiger charge is -2.39. The summed E-state index contributed by atoms with van der Waals surface area (Å²) in [6.45, 7) is 3.88. The molecule has 4 heterocycles. The lowest BCUT2D eigenvalue weighted by atomic mass is 9.64. The first kappa shape index (κ1) is 20.7. The maximum Gasteiger partial charge on any atom is 0.259 e. The molecule has 6 rings (SSSR count). The van der Waals surface area contributed by atoms with Crippen molar-refractivity contribution >= 4 is 11.8 Å². The van der Waals surface area contributed by atoms with Gasteiger partial charge in [0.2, 0.25) is 5.95 Å². The van der Waals surface area contributed by atoms with Crippen LogP contribution in [0.5, 0.6) is 0 Å². The highest BCUT2D eigenvalue weighted by atomic mass is 16.5. The zero-order valence-electron chi connectivity index (χ0n) is 18.8. The van der Waals surface area contributed by atoms with Crippen LogP contribution < -0.4 is 16.0 Å². The molecule has 0 bridgehead atoms. The van der Waals surface area contributed by atoms with Crippen molar-refractivity contribution in [1.29, 1.82) is 0 Å².